The van der Waals surface area contributed by atoms with E-state index in [4.69, 9.17) is 0 Å². The van der Waals surface area contributed by atoms with E-state index in [1.54, 1.807) is 12.4 Å². The maximum Gasteiger partial charge on any atom is 0.274 e. The van der Waals surface area contributed by atoms with Gasteiger partial charge >= 0.3 is 0 Å². The smallest absolute Gasteiger partial charge is 0.274 e. The number of hydrogen-bond donors (Lipinski definition) is 2. The molecule has 0 saturated carbocycles. The molecule has 0 bridgehead atoms. The normalized spacial score (nSPS) is 19.9. The van der Waals surface area contributed by atoms with Gasteiger partial charge in [-0.05, 0) is 49.6 Å². The van der Waals surface area contributed by atoms with Gasteiger partial charge in [0, 0.05) is 44.0 Å². The molecule has 1 aliphatic heterocycles. The molecule has 1 atom stereocenters. The van der Waals surface area contributed by atoms with E-state index in [0.717, 1.165) is 30.4 Å². The molecule has 7 nitrogen and oxygen atoms in total. The Hall–Kier alpha value is -2.77. The molecule has 0 aliphatic carbocycles. The average Bonchev–Trinajstić information content (AvgIpc) is 3.10. The maximum absolute atomic E-state index is 13.1. The molecule has 2 aromatic heterocycles. The number of carbonyl (C=O) groups excluding carboxylic acids is 1. The van der Waals surface area contributed by atoms with Crippen LogP contribution in [0.5, 0.6) is 0 Å². The zero-order chi connectivity index (χ0) is 21.0. The van der Waals surface area contributed by atoms with E-state index in [2.05, 4.69) is 27.0 Å². The minimum atomic E-state index is -0.800. The van der Waals surface area contributed by atoms with E-state index in [1.807, 2.05) is 41.3 Å². The van der Waals surface area contributed by atoms with Crippen LogP contribution in [0, 0.1) is 0 Å². The number of benzene rings is 1. The van der Waals surface area contributed by atoms with Crippen LogP contribution >= 0.6 is 0 Å². The second kappa shape index (κ2) is 8.93. The van der Waals surface area contributed by atoms with E-state index in [1.165, 1.54) is 5.56 Å². The Morgan fingerprint density at radius 1 is 1.20 bits per heavy atom. The summed E-state index contributed by atoms with van der Waals surface area (Å²) in [4.78, 5) is 21.3. The van der Waals surface area contributed by atoms with E-state index < -0.39 is 5.60 Å². The molecule has 0 unspecified atom stereocenters. The number of rotatable bonds is 6. The lowest BCUT2D eigenvalue weighted by atomic mass is 9.94. The summed E-state index contributed by atoms with van der Waals surface area (Å²) < 4.78 is 0. The number of likely N-dealkylation sites (tertiary alicyclic amines) is 1. The number of nitrogens with zero attached hydrogens (tertiary/aromatic N) is 4. The Morgan fingerprint density at radius 3 is 2.80 bits per heavy atom. The van der Waals surface area contributed by atoms with Crippen molar-refractivity contribution >= 4 is 16.8 Å². The van der Waals surface area contributed by atoms with Crippen molar-refractivity contribution in [2.75, 3.05) is 26.2 Å². The summed E-state index contributed by atoms with van der Waals surface area (Å²) in [5, 5.41) is 19.4. The number of carbonyl (C=O) groups is 1. The van der Waals surface area contributed by atoms with E-state index in [9.17, 15) is 9.90 Å². The first kappa shape index (κ1) is 20.5. The number of hydrogen-bond acceptors (Lipinski definition) is 5. The Bertz CT molecular complexity index is 989. The van der Waals surface area contributed by atoms with Gasteiger partial charge in [0.05, 0.1) is 11.1 Å². The van der Waals surface area contributed by atoms with Crippen molar-refractivity contribution in [3.05, 3.63) is 60.0 Å². The number of H-pyrrole nitrogens is 1. The first-order valence-corrected chi connectivity index (χ1v) is 10.6. The largest absolute Gasteiger partial charge is 0.388 e. The fourth-order valence-electron chi connectivity index (χ4n) is 4.26. The summed E-state index contributed by atoms with van der Waals surface area (Å²) in [6.07, 6.45) is 5.62. The molecule has 1 saturated heterocycles. The number of nitrogens with one attached hydrogen (secondary N) is 1. The SMILES string of the molecule is CCN(Cc1ccncc1)C[C@@]1(O)CCCN(C(=O)c2n[nH]c3ccccc23)CC1. The Morgan fingerprint density at radius 2 is 2.00 bits per heavy atom. The quantitative estimate of drug-likeness (QED) is 0.656. The van der Waals surface area contributed by atoms with Crippen molar-refractivity contribution in [3.8, 4) is 0 Å². The summed E-state index contributed by atoms with van der Waals surface area (Å²) in [6.45, 7) is 5.51. The highest BCUT2D eigenvalue weighted by molar-refractivity contribution is 6.04. The lowest BCUT2D eigenvalue weighted by Crippen LogP contribution is -2.43. The van der Waals surface area contributed by atoms with Crippen LogP contribution in [0.2, 0.25) is 0 Å². The predicted molar refractivity (Wildman–Crippen MR) is 116 cm³/mol. The number of fused-ring (bicyclic) bond motifs is 1. The topological polar surface area (TPSA) is 85.3 Å². The number of pyridine rings is 1. The van der Waals surface area contributed by atoms with Crippen LogP contribution in [0.1, 0.15) is 42.2 Å². The van der Waals surface area contributed by atoms with Gasteiger partial charge in [0.1, 0.15) is 0 Å². The summed E-state index contributed by atoms with van der Waals surface area (Å²) >= 11 is 0. The third-order valence-corrected chi connectivity index (χ3v) is 6.00. The van der Waals surface area contributed by atoms with Gasteiger partial charge in [-0.25, -0.2) is 0 Å². The van der Waals surface area contributed by atoms with E-state index in [0.29, 0.717) is 38.2 Å². The van der Waals surface area contributed by atoms with Gasteiger partial charge in [0.25, 0.3) is 5.91 Å². The summed E-state index contributed by atoms with van der Waals surface area (Å²) in [5.41, 5.74) is 1.71. The van der Waals surface area contributed by atoms with Crippen LogP contribution in [0.3, 0.4) is 0 Å². The van der Waals surface area contributed by atoms with Crippen LogP contribution < -0.4 is 0 Å². The van der Waals surface area contributed by atoms with Crippen molar-refractivity contribution in [2.45, 2.75) is 38.3 Å². The van der Waals surface area contributed by atoms with Crippen LogP contribution in [-0.4, -0.2) is 67.8 Å². The van der Waals surface area contributed by atoms with E-state index in [-0.39, 0.29) is 5.91 Å². The van der Waals surface area contributed by atoms with Crippen molar-refractivity contribution in [2.24, 2.45) is 0 Å². The third kappa shape index (κ3) is 4.52. The fourth-order valence-corrected chi connectivity index (χ4v) is 4.26. The summed E-state index contributed by atoms with van der Waals surface area (Å²) in [7, 11) is 0. The Labute approximate surface area is 176 Å². The molecule has 30 heavy (non-hydrogen) atoms. The lowest BCUT2D eigenvalue weighted by Gasteiger charge is -2.33. The van der Waals surface area contributed by atoms with Crippen LogP contribution in [0.25, 0.3) is 10.9 Å². The minimum absolute atomic E-state index is 0.0687. The van der Waals surface area contributed by atoms with Crippen molar-refractivity contribution in [1.82, 2.24) is 25.0 Å². The molecule has 0 radical (unpaired) electrons. The molecule has 0 spiro atoms. The molecule has 1 aliphatic rings. The van der Waals surface area contributed by atoms with Gasteiger partial charge in [-0.3, -0.25) is 19.8 Å². The average molecular weight is 408 g/mol. The van der Waals surface area contributed by atoms with Crippen LogP contribution in [0.4, 0.5) is 0 Å². The van der Waals surface area contributed by atoms with Gasteiger partial charge in [0.15, 0.2) is 5.69 Å². The number of likely N-dealkylation sites (N-methyl/N-ethyl adjacent to an activating group) is 1. The standard InChI is InChI=1S/C23H29N5O2/c1-2-27(16-18-8-12-24-13-9-18)17-23(30)10-5-14-28(15-11-23)22(29)21-19-6-3-4-7-20(19)25-26-21/h3-4,6-9,12-13,30H,2,5,10-11,14-17H2,1H3,(H,25,26)/t23-/m1/s1. The van der Waals surface area contributed by atoms with Crippen molar-refractivity contribution < 1.29 is 9.90 Å². The molecule has 7 heteroatoms. The first-order chi connectivity index (χ1) is 14.6. The maximum atomic E-state index is 13.1. The van der Waals surface area contributed by atoms with Crippen LogP contribution in [0.15, 0.2) is 48.8 Å². The molecule has 3 aromatic rings. The highest BCUT2D eigenvalue weighted by atomic mass is 16.3. The van der Waals surface area contributed by atoms with Gasteiger partial charge in [-0.15, -0.1) is 0 Å². The number of amides is 1. The lowest BCUT2D eigenvalue weighted by molar-refractivity contribution is -0.00928. The number of para-hydroxylation sites is 1. The molecule has 1 amide bonds. The minimum Gasteiger partial charge on any atom is -0.388 e. The highest BCUT2D eigenvalue weighted by Crippen LogP contribution is 2.26. The molecule has 1 aromatic carbocycles. The molecule has 158 valence electrons. The number of aromatic amines is 1. The second-order valence-corrected chi connectivity index (χ2v) is 8.15. The number of aliphatic hydroxyl groups is 1. The zero-order valence-electron chi connectivity index (χ0n) is 17.4. The predicted octanol–water partition coefficient (Wildman–Crippen LogP) is 2.84. The molecule has 4 rings (SSSR count). The highest BCUT2D eigenvalue weighted by Gasteiger charge is 2.34. The van der Waals surface area contributed by atoms with Gasteiger partial charge in [-0.2, -0.15) is 5.10 Å². The third-order valence-electron chi connectivity index (χ3n) is 6.00. The fraction of sp³-hybridized carbons (Fsp3) is 0.435. The zero-order valence-corrected chi connectivity index (χ0v) is 17.4. The molecule has 3 heterocycles. The van der Waals surface area contributed by atoms with Gasteiger partial charge in [-0.1, -0.05) is 25.1 Å². The number of aromatic nitrogens is 3. The summed E-state index contributed by atoms with van der Waals surface area (Å²) in [6, 6.07) is 11.7. The van der Waals surface area contributed by atoms with Gasteiger partial charge < -0.3 is 10.0 Å². The molecule has 2 N–H and O–H groups in total. The molecular formula is C23H29N5O2. The first-order valence-electron chi connectivity index (χ1n) is 10.6. The molecule has 1 fully saturated rings. The molecular weight excluding hydrogens is 378 g/mol. The summed E-state index contributed by atoms with van der Waals surface area (Å²) in [5.74, 6) is -0.0687. The Kier molecular flexibility index (Phi) is 6.11. The van der Waals surface area contributed by atoms with Crippen LogP contribution in [-0.2, 0) is 6.54 Å². The monoisotopic (exact) mass is 407 g/mol. The van der Waals surface area contributed by atoms with Crippen molar-refractivity contribution in [1.29, 1.82) is 0 Å². The Balaban J connectivity index is 1.41. The van der Waals surface area contributed by atoms with Gasteiger partial charge in [0.2, 0.25) is 0 Å². The van der Waals surface area contributed by atoms with Crippen molar-refractivity contribution in [3.63, 3.8) is 0 Å². The second-order valence-electron chi connectivity index (χ2n) is 8.15. The van der Waals surface area contributed by atoms with E-state index >= 15 is 0 Å².